The van der Waals surface area contributed by atoms with Crippen LogP contribution in [0.1, 0.15) is 15.9 Å². The molecule has 0 bridgehead atoms. The second-order valence-electron chi connectivity index (χ2n) is 3.72. The molecule has 18 heavy (non-hydrogen) atoms. The van der Waals surface area contributed by atoms with Gasteiger partial charge in [-0.3, -0.25) is 4.68 Å². The number of carboxylic acid groups (broad SMARTS) is 1. The zero-order chi connectivity index (χ0) is 12.3. The van der Waals surface area contributed by atoms with Crippen molar-refractivity contribution >= 4 is 24.1 Å². The van der Waals surface area contributed by atoms with Gasteiger partial charge in [0.05, 0.1) is 17.4 Å². The van der Waals surface area contributed by atoms with Gasteiger partial charge in [-0.2, -0.15) is 5.10 Å². The topological polar surface area (TPSA) is 67.2 Å². The van der Waals surface area contributed by atoms with Crippen molar-refractivity contribution in [3.63, 3.8) is 0 Å². The number of nitrogens with one attached hydrogen (secondary N) is 1. The smallest absolute Gasteiger partial charge is 0.336 e. The third-order valence-electron chi connectivity index (χ3n) is 2.44. The van der Waals surface area contributed by atoms with E-state index in [2.05, 4.69) is 10.4 Å². The number of aromatic nitrogens is 2. The highest BCUT2D eigenvalue weighted by atomic mass is 35.5. The molecule has 2 rings (SSSR count). The van der Waals surface area contributed by atoms with E-state index in [1.54, 1.807) is 29.1 Å². The molecule has 0 fully saturated rings. The molecule has 0 spiro atoms. The van der Waals surface area contributed by atoms with E-state index in [0.717, 1.165) is 11.3 Å². The van der Waals surface area contributed by atoms with Crippen LogP contribution in [0.25, 0.3) is 0 Å². The number of hydrogen-bond acceptors (Lipinski definition) is 3. The molecular formula is C12H14ClN3O2. The highest BCUT2D eigenvalue weighted by molar-refractivity contribution is 5.89. The van der Waals surface area contributed by atoms with E-state index in [1.807, 2.05) is 19.3 Å². The van der Waals surface area contributed by atoms with E-state index in [9.17, 15) is 4.79 Å². The van der Waals surface area contributed by atoms with Crippen LogP contribution in [-0.2, 0) is 13.6 Å². The molecule has 2 aromatic rings. The van der Waals surface area contributed by atoms with Crippen molar-refractivity contribution in [3.8, 4) is 0 Å². The molecule has 0 atom stereocenters. The molecule has 0 unspecified atom stereocenters. The minimum atomic E-state index is -0.909. The number of carbonyl (C=O) groups is 1. The Morgan fingerprint density at radius 3 is 2.78 bits per heavy atom. The van der Waals surface area contributed by atoms with Gasteiger partial charge in [-0.1, -0.05) is 18.2 Å². The number of nitrogens with zero attached hydrogens (tertiary/aromatic N) is 2. The largest absolute Gasteiger partial charge is 0.478 e. The normalized spacial score (nSPS) is 9.61. The van der Waals surface area contributed by atoms with Gasteiger partial charge in [0.1, 0.15) is 0 Å². The Bertz CT molecular complexity index is 540. The minimum absolute atomic E-state index is 0. The maximum absolute atomic E-state index is 11.0. The lowest BCUT2D eigenvalue weighted by molar-refractivity contribution is 0.0696. The molecule has 96 valence electrons. The van der Waals surface area contributed by atoms with Crippen LogP contribution in [0.15, 0.2) is 36.7 Å². The van der Waals surface area contributed by atoms with Gasteiger partial charge in [0, 0.05) is 19.8 Å². The molecule has 0 radical (unpaired) electrons. The number of halogens is 1. The first-order valence-corrected chi connectivity index (χ1v) is 5.20. The first kappa shape index (κ1) is 14.1. The Kier molecular flexibility index (Phi) is 4.74. The lowest BCUT2D eigenvalue weighted by Gasteiger charge is -2.06. The lowest BCUT2D eigenvalue weighted by atomic mass is 10.1. The summed E-state index contributed by atoms with van der Waals surface area (Å²) in [5.41, 5.74) is 1.94. The number of rotatable bonds is 4. The van der Waals surface area contributed by atoms with Crippen molar-refractivity contribution in [1.29, 1.82) is 0 Å². The van der Waals surface area contributed by atoms with Gasteiger partial charge < -0.3 is 10.4 Å². The first-order valence-electron chi connectivity index (χ1n) is 5.20. The van der Waals surface area contributed by atoms with Crippen LogP contribution in [0.5, 0.6) is 0 Å². The van der Waals surface area contributed by atoms with Gasteiger partial charge >= 0.3 is 5.97 Å². The number of aryl methyl sites for hydroxylation is 1. The van der Waals surface area contributed by atoms with Crippen molar-refractivity contribution in [2.45, 2.75) is 6.54 Å². The Morgan fingerprint density at radius 1 is 1.44 bits per heavy atom. The Hall–Kier alpha value is -2.01. The monoisotopic (exact) mass is 267 g/mol. The highest BCUT2D eigenvalue weighted by Crippen LogP contribution is 2.12. The zero-order valence-electron chi connectivity index (χ0n) is 9.83. The van der Waals surface area contributed by atoms with Crippen LogP contribution in [-0.4, -0.2) is 20.9 Å². The van der Waals surface area contributed by atoms with E-state index >= 15 is 0 Å². The molecule has 0 aliphatic heterocycles. The van der Waals surface area contributed by atoms with Crippen molar-refractivity contribution in [2.75, 3.05) is 5.32 Å². The molecule has 6 heteroatoms. The number of benzene rings is 1. The second kappa shape index (κ2) is 6.07. The quantitative estimate of drug-likeness (QED) is 0.891. The van der Waals surface area contributed by atoms with Crippen LogP contribution in [0.2, 0.25) is 0 Å². The number of anilines is 1. The van der Waals surface area contributed by atoms with Crippen molar-refractivity contribution < 1.29 is 9.90 Å². The zero-order valence-corrected chi connectivity index (χ0v) is 10.6. The molecule has 1 heterocycles. The van der Waals surface area contributed by atoms with Gasteiger partial charge in [0.15, 0.2) is 0 Å². The first-order chi connectivity index (χ1) is 8.16. The molecule has 5 nitrogen and oxygen atoms in total. The third-order valence-corrected chi connectivity index (χ3v) is 2.44. The average molecular weight is 268 g/mol. The van der Waals surface area contributed by atoms with E-state index in [0.29, 0.717) is 12.1 Å². The molecule has 0 saturated heterocycles. The Balaban J connectivity index is 0.00000162. The molecule has 0 aliphatic carbocycles. The molecule has 2 N–H and O–H groups in total. The Labute approximate surface area is 111 Å². The Morgan fingerprint density at radius 2 is 2.17 bits per heavy atom. The van der Waals surface area contributed by atoms with Crippen molar-refractivity contribution in [2.24, 2.45) is 7.05 Å². The average Bonchev–Trinajstić information content (AvgIpc) is 2.73. The fourth-order valence-electron chi connectivity index (χ4n) is 1.59. The van der Waals surface area contributed by atoms with Crippen LogP contribution in [0.4, 0.5) is 5.69 Å². The summed E-state index contributed by atoms with van der Waals surface area (Å²) < 4.78 is 1.69. The van der Waals surface area contributed by atoms with Crippen molar-refractivity contribution in [1.82, 2.24) is 9.78 Å². The van der Waals surface area contributed by atoms with Crippen LogP contribution < -0.4 is 5.32 Å². The fraction of sp³-hybridized carbons (Fsp3) is 0.167. The van der Waals surface area contributed by atoms with Gasteiger partial charge in [-0.15, -0.1) is 12.4 Å². The van der Waals surface area contributed by atoms with Gasteiger partial charge in [0.25, 0.3) is 0 Å². The van der Waals surface area contributed by atoms with Gasteiger partial charge in [-0.25, -0.2) is 4.79 Å². The maximum Gasteiger partial charge on any atom is 0.336 e. The predicted octanol–water partition coefficient (Wildman–Crippen LogP) is 2.15. The second-order valence-corrected chi connectivity index (χ2v) is 3.72. The SMILES string of the molecule is Cl.Cn1cc(NCc2ccccc2C(=O)O)cn1. The number of carboxylic acids is 1. The molecule has 1 aromatic heterocycles. The van der Waals surface area contributed by atoms with Crippen LogP contribution in [0.3, 0.4) is 0 Å². The summed E-state index contributed by atoms with van der Waals surface area (Å²) in [6, 6.07) is 6.94. The summed E-state index contributed by atoms with van der Waals surface area (Å²) in [6.07, 6.45) is 3.53. The van der Waals surface area contributed by atoms with Gasteiger partial charge in [-0.05, 0) is 11.6 Å². The fourth-order valence-corrected chi connectivity index (χ4v) is 1.59. The summed E-state index contributed by atoms with van der Waals surface area (Å²) >= 11 is 0. The predicted molar refractivity (Wildman–Crippen MR) is 71.2 cm³/mol. The summed E-state index contributed by atoms with van der Waals surface area (Å²) in [5, 5.41) is 16.2. The summed E-state index contributed by atoms with van der Waals surface area (Å²) in [4.78, 5) is 11.0. The maximum atomic E-state index is 11.0. The summed E-state index contributed by atoms with van der Waals surface area (Å²) in [7, 11) is 1.83. The molecule has 0 amide bonds. The van der Waals surface area contributed by atoms with E-state index < -0.39 is 5.97 Å². The van der Waals surface area contributed by atoms with Crippen LogP contribution >= 0.6 is 12.4 Å². The van der Waals surface area contributed by atoms with E-state index in [4.69, 9.17) is 5.11 Å². The highest BCUT2D eigenvalue weighted by Gasteiger charge is 2.08. The number of hydrogen-bond donors (Lipinski definition) is 2. The summed E-state index contributed by atoms with van der Waals surface area (Å²) in [6.45, 7) is 0.466. The standard InChI is InChI=1S/C12H13N3O2.ClH/c1-15-8-10(7-14-15)13-6-9-4-2-3-5-11(9)12(16)17;/h2-5,7-8,13H,6H2,1H3,(H,16,17);1H. The van der Waals surface area contributed by atoms with E-state index in [-0.39, 0.29) is 12.4 Å². The molecule has 0 saturated carbocycles. The third kappa shape index (κ3) is 3.24. The lowest BCUT2D eigenvalue weighted by Crippen LogP contribution is -2.06. The molecule has 0 aliphatic rings. The van der Waals surface area contributed by atoms with Gasteiger partial charge in [0.2, 0.25) is 0 Å². The van der Waals surface area contributed by atoms with Crippen LogP contribution in [0, 0.1) is 0 Å². The van der Waals surface area contributed by atoms with Crippen molar-refractivity contribution in [3.05, 3.63) is 47.8 Å². The minimum Gasteiger partial charge on any atom is -0.478 e. The summed E-state index contributed by atoms with van der Waals surface area (Å²) in [5.74, 6) is -0.909. The molecule has 1 aromatic carbocycles. The molecular weight excluding hydrogens is 254 g/mol. The number of aromatic carboxylic acids is 1. The van der Waals surface area contributed by atoms with E-state index in [1.165, 1.54) is 0 Å².